The molecule has 0 radical (unpaired) electrons. The van der Waals surface area contributed by atoms with E-state index in [4.69, 9.17) is 14.2 Å². The maximum absolute atomic E-state index is 12.3. The van der Waals surface area contributed by atoms with Crippen LogP contribution in [0, 0.1) is 0 Å². The van der Waals surface area contributed by atoms with Crippen LogP contribution < -0.4 is 14.8 Å². The van der Waals surface area contributed by atoms with Crippen molar-refractivity contribution in [3.63, 3.8) is 0 Å². The van der Waals surface area contributed by atoms with Crippen LogP contribution >= 0.6 is 0 Å². The molecule has 0 aliphatic rings. The van der Waals surface area contributed by atoms with E-state index in [1.807, 2.05) is 0 Å². The Morgan fingerprint density at radius 2 is 1.87 bits per heavy atom. The largest absolute Gasteiger partial charge is 0.493 e. The number of unbranched alkanes of at least 4 members (excludes halogenated alkanes) is 2. The van der Waals surface area contributed by atoms with Crippen LogP contribution in [-0.2, 0) is 4.74 Å². The molecule has 0 fully saturated rings. The molecule has 1 rings (SSSR count). The maximum atomic E-state index is 12.3. The lowest BCUT2D eigenvalue weighted by Gasteiger charge is -2.14. The van der Waals surface area contributed by atoms with Crippen LogP contribution in [0.4, 0.5) is 0 Å². The normalized spacial score (nSPS) is 10.4. The van der Waals surface area contributed by atoms with Gasteiger partial charge in [-0.2, -0.15) is 0 Å². The lowest BCUT2D eigenvalue weighted by atomic mass is 10.2. The minimum absolute atomic E-state index is 0.341. The fourth-order valence-corrected chi connectivity index (χ4v) is 2.03. The summed E-state index contributed by atoms with van der Waals surface area (Å²) in [6.45, 7) is 6.72. The summed E-state index contributed by atoms with van der Waals surface area (Å²) in [5.74, 6) is 0.636. The summed E-state index contributed by atoms with van der Waals surface area (Å²) in [6, 6.07) is 5.25. The highest BCUT2D eigenvalue weighted by Gasteiger charge is 2.18. The Kier molecular flexibility index (Phi) is 9.87. The molecule has 0 saturated carbocycles. The van der Waals surface area contributed by atoms with Crippen LogP contribution in [0.2, 0.25) is 0 Å². The third kappa shape index (κ3) is 6.91. The van der Waals surface area contributed by atoms with E-state index in [9.17, 15) is 4.79 Å². The second kappa shape index (κ2) is 11.8. The van der Waals surface area contributed by atoms with E-state index in [1.54, 1.807) is 25.3 Å². The van der Waals surface area contributed by atoms with Gasteiger partial charge in [0, 0.05) is 6.54 Å². The van der Waals surface area contributed by atoms with Crippen LogP contribution in [0.15, 0.2) is 18.2 Å². The van der Waals surface area contributed by atoms with Gasteiger partial charge in [-0.05, 0) is 31.5 Å². The van der Waals surface area contributed by atoms with Crippen molar-refractivity contribution in [2.45, 2.75) is 39.5 Å². The maximum Gasteiger partial charge on any atom is 0.342 e. The zero-order chi connectivity index (χ0) is 16.9. The van der Waals surface area contributed by atoms with E-state index in [2.05, 4.69) is 19.2 Å². The molecule has 130 valence electrons. The number of ether oxygens (including phenoxy) is 3. The number of hydrogen-bond acceptors (Lipinski definition) is 5. The quantitative estimate of drug-likeness (QED) is 0.472. The van der Waals surface area contributed by atoms with Gasteiger partial charge < -0.3 is 19.5 Å². The molecule has 0 bridgehead atoms. The van der Waals surface area contributed by atoms with E-state index >= 15 is 0 Å². The van der Waals surface area contributed by atoms with Gasteiger partial charge in [0.25, 0.3) is 0 Å². The average molecular weight is 323 g/mol. The monoisotopic (exact) mass is 323 g/mol. The summed E-state index contributed by atoms with van der Waals surface area (Å²) in [5, 5.41) is 3.24. The summed E-state index contributed by atoms with van der Waals surface area (Å²) >= 11 is 0. The molecule has 0 unspecified atom stereocenters. The Labute approximate surface area is 139 Å². The molecule has 0 spiro atoms. The Morgan fingerprint density at radius 1 is 1.09 bits per heavy atom. The fourth-order valence-electron chi connectivity index (χ4n) is 2.03. The molecule has 0 amide bonds. The van der Waals surface area contributed by atoms with E-state index in [1.165, 1.54) is 0 Å². The molecule has 1 N–H and O–H groups in total. The number of carbonyl (C=O) groups excluding carboxylic acids is 1. The predicted octanol–water partition coefficient (Wildman–Crippen LogP) is 3.42. The van der Waals surface area contributed by atoms with Crippen molar-refractivity contribution >= 4 is 5.97 Å². The summed E-state index contributed by atoms with van der Waals surface area (Å²) in [5.41, 5.74) is 0.411. The first kappa shape index (κ1) is 19.3. The lowest BCUT2D eigenvalue weighted by Crippen LogP contribution is -2.22. The van der Waals surface area contributed by atoms with Crippen LogP contribution in [0.3, 0.4) is 0 Å². The highest BCUT2D eigenvalue weighted by atomic mass is 16.5. The first-order valence-electron chi connectivity index (χ1n) is 8.42. The molecule has 0 aromatic heterocycles. The van der Waals surface area contributed by atoms with Crippen LogP contribution in [0.25, 0.3) is 0 Å². The highest BCUT2D eigenvalue weighted by molar-refractivity contribution is 5.93. The molecule has 0 aliphatic heterocycles. The first-order valence-corrected chi connectivity index (χ1v) is 8.42. The minimum Gasteiger partial charge on any atom is -0.493 e. The number of rotatable bonds is 12. The predicted molar refractivity (Wildman–Crippen MR) is 91.5 cm³/mol. The van der Waals surface area contributed by atoms with Gasteiger partial charge in [-0.3, -0.25) is 0 Å². The average Bonchev–Trinajstić information content (AvgIpc) is 2.58. The van der Waals surface area contributed by atoms with Gasteiger partial charge in [-0.15, -0.1) is 0 Å². The molecule has 5 heteroatoms. The van der Waals surface area contributed by atoms with Crippen molar-refractivity contribution in [1.82, 2.24) is 5.32 Å². The van der Waals surface area contributed by atoms with Crippen molar-refractivity contribution in [1.29, 1.82) is 0 Å². The van der Waals surface area contributed by atoms with Gasteiger partial charge in [0.15, 0.2) is 11.5 Å². The lowest BCUT2D eigenvalue weighted by molar-refractivity contribution is 0.0503. The molecular formula is C18H29NO4. The SMILES string of the molecule is CCCCNCCOC(=O)c1cccc(OC)c1OCCCC. The van der Waals surface area contributed by atoms with Crippen molar-refractivity contribution in [2.75, 3.05) is 33.4 Å². The number of carbonyl (C=O) groups is 1. The Bertz CT molecular complexity index is 462. The topological polar surface area (TPSA) is 56.8 Å². The van der Waals surface area contributed by atoms with Gasteiger partial charge in [0.2, 0.25) is 0 Å². The number of benzene rings is 1. The second-order valence-corrected chi connectivity index (χ2v) is 5.28. The minimum atomic E-state index is -0.382. The standard InChI is InChI=1S/C18H29NO4/c1-4-6-11-19-12-14-23-18(20)15-9-8-10-16(21-3)17(15)22-13-7-5-2/h8-10,19H,4-7,11-14H2,1-3H3. The summed E-state index contributed by atoms with van der Waals surface area (Å²) in [4.78, 5) is 12.3. The van der Waals surface area contributed by atoms with E-state index in [-0.39, 0.29) is 5.97 Å². The molecule has 0 heterocycles. The van der Waals surface area contributed by atoms with Gasteiger partial charge in [-0.1, -0.05) is 32.8 Å². The zero-order valence-electron chi connectivity index (χ0n) is 14.5. The third-order valence-corrected chi connectivity index (χ3v) is 3.38. The fraction of sp³-hybridized carbons (Fsp3) is 0.611. The van der Waals surface area contributed by atoms with Gasteiger partial charge >= 0.3 is 5.97 Å². The number of nitrogens with one attached hydrogen (secondary N) is 1. The van der Waals surface area contributed by atoms with Crippen molar-refractivity contribution in [3.05, 3.63) is 23.8 Å². The van der Waals surface area contributed by atoms with Crippen molar-refractivity contribution < 1.29 is 19.0 Å². The number of hydrogen-bond donors (Lipinski definition) is 1. The molecule has 5 nitrogen and oxygen atoms in total. The van der Waals surface area contributed by atoms with E-state index < -0.39 is 0 Å². The second-order valence-electron chi connectivity index (χ2n) is 5.28. The summed E-state index contributed by atoms with van der Waals surface area (Å²) in [6.07, 6.45) is 4.22. The van der Waals surface area contributed by atoms with Gasteiger partial charge in [0.1, 0.15) is 12.2 Å². The molecule has 0 aliphatic carbocycles. The zero-order valence-corrected chi connectivity index (χ0v) is 14.5. The molecule has 1 aromatic carbocycles. The Balaban J connectivity index is 2.60. The third-order valence-electron chi connectivity index (χ3n) is 3.38. The van der Waals surface area contributed by atoms with E-state index in [0.29, 0.717) is 36.8 Å². The van der Waals surface area contributed by atoms with Crippen molar-refractivity contribution in [2.24, 2.45) is 0 Å². The molecule has 0 saturated heterocycles. The first-order chi connectivity index (χ1) is 11.2. The van der Waals surface area contributed by atoms with Crippen LogP contribution in [0.1, 0.15) is 49.9 Å². The molecular weight excluding hydrogens is 294 g/mol. The van der Waals surface area contributed by atoms with Crippen LogP contribution in [-0.4, -0.2) is 39.4 Å². The summed E-state index contributed by atoms with van der Waals surface area (Å²) in [7, 11) is 1.56. The van der Waals surface area contributed by atoms with Crippen molar-refractivity contribution in [3.8, 4) is 11.5 Å². The molecule has 1 aromatic rings. The van der Waals surface area contributed by atoms with E-state index in [0.717, 1.165) is 32.2 Å². The van der Waals surface area contributed by atoms with Gasteiger partial charge in [-0.25, -0.2) is 4.79 Å². The smallest absolute Gasteiger partial charge is 0.342 e. The number of para-hydroxylation sites is 1. The molecule has 0 atom stereocenters. The van der Waals surface area contributed by atoms with Crippen LogP contribution in [0.5, 0.6) is 11.5 Å². The summed E-state index contributed by atoms with van der Waals surface area (Å²) < 4.78 is 16.3. The number of methoxy groups -OCH3 is 1. The molecule has 23 heavy (non-hydrogen) atoms. The number of esters is 1. The Morgan fingerprint density at radius 3 is 2.57 bits per heavy atom. The highest BCUT2D eigenvalue weighted by Crippen LogP contribution is 2.31. The van der Waals surface area contributed by atoms with Gasteiger partial charge in [0.05, 0.1) is 13.7 Å². The Hall–Kier alpha value is -1.75.